The molecule has 2 N–H and O–H groups in total. The quantitative estimate of drug-likeness (QED) is 0.894. The fourth-order valence-electron chi connectivity index (χ4n) is 2.68. The summed E-state index contributed by atoms with van der Waals surface area (Å²) in [6.45, 7) is 2.15. The van der Waals surface area contributed by atoms with Gasteiger partial charge in [0.1, 0.15) is 5.56 Å². The van der Waals surface area contributed by atoms with Gasteiger partial charge >= 0.3 is 0 Å². The molecule has 2 aromatic rings. The molecule has 1 aromatic heterocycles. The standard InChI is InChI=1S/C17H17N3O3/c1-11-7-8-14(16(22)18-11)17(23)19-12-9-15(21)20(10-12)13-5-3-2-4-6-13/h2-8,12H,9-10H2,1H3,(H,18,22)(H,19,23)/t12-/m0/s1. The summed E-state index contributed by atoms with van der Waals surface area (Å²) in [5.41, 5.74) is 1.13. The molecule has 6 heteroatoms. The zero-order valence-electron chi connectivity index (χ0n) is 12.7. The Kier molecular flexibility index (Phi) is 3.97. The number of para-hydroxylation sites is 1. The van der Waals surface area contributed by atoms with Crippen LogP contribution >= 0.6 is 0 Å². The first-order valence-corrected chi connectivity index (χ1v) is 7.41. The Labute approximate surface area is 133 Å². The lowest BCUT2D eigenvalue weighted by Gasteiger charge is -2.17. The van der Waals surface area contributed by atoms with E-state index >= 15 is 0 Å². The van der Waals surface area contributed by atoms with Gasteiger partial charge in [0.2, 0.25) is 5.91 Å². The summed E-state index contributed by atoms with van der Waals surface area (Å²) < 4.78 is 0. The molecule has 2 heterocycles. The van der Waals surface area contributed by atoms with Crippen molar-refractivity contribution in [1.29, 1.82) is 0 Å². The van der Waals surface area contributed by atoms with Gasteiger partial charge in [0.15, 0.2) is 0 Å². The van der Waals surface area contributed by atoms with Crippen molar-refractivity contribution >= 4 is 17.5 Å². The maximum atomic E-state index is 12.2. The number of benzene rings is 1. The number of rotatable bonds is 3. The summed E-state index contributed by atoms with van der Waals surface area (Å²) in [6.07, 6.45) is 0.227. The molecule has 0 bridgehead atoms. The number of H-pyrrole nitrogens is 1. The Morgan fingerprint density at radius 2 is 1.91 bits per heavy atom. The normalized spacial score (nSPS) is 17.3. The average Bonchev–Trinajstić information content (AvgIpc) is 2.88. The van der Waals surface area contributed by atoms with Crippen molar-refractivity contribution in [1.82, 2.24) is 10.3 Å². The first-order chi connectivity index (χ1) is 11.0. The predicted octanol–water partition coefficient (Wildman–Crippen LogP) is 1.22. The van der Waals surface area contributed by atoms with Crippen LogP contribution in [0.4, 0.5) is 5.69 Å². The van der Waals surface area contributed by atoms with Crippen LogP contribution in [-0.2, 0) is 4.79 Å². The second-order valence-corrected chi connectivity index (χ2v) is 5.60. The molecule has 1 aliphatic heterocycles. The number of aromatic nitrogens is 1. The molecule has 1 aliphatic rings. The SMILES string of the molecule is Cc1ccc(C(=O)N[C@H]2CC(=O)N(c3ccccc3)C2)c(=O)[nH]1. The number of aromatic amines is 1. The van der Waals surface area contributed by atoms with E-state index in [-0.39, 0.29) is 23.9 Å². The summed E-state index contributed by atoms with van der Waals surface area (Å²) in [5, 5.41) is 2.76. The third kappa shape index (κ3) is 3.15. The van der Waals surface area contributed by atoms with E-state index in [1.807, 2.05) is 30.3 Å². The maximum Gasteiger partial charge on any atom is 0.260 e. The number of pyridine rings is 1. The van der Waals surface area contributed by atoms with E-state index in [1.165, 1.54) is 6.07 Å². The van der Waals surface area contributed by atoms with E-state index in [9.17, 15) is 14.4 Å². The van der Waals surface area contributed by atoms with Gasteiger partial charge < -0.3 is 15.2 Å². The molecule has 0 aliphatic carbocycles. The van der Waals surface area contributed by atoms with Crippen LogP contribution in [0.3, 0.4) is 0 Å². The van der Waals surface area contributed by atoms with Crippen LogP contribution in [0.15, 0.2) is 47.3 Å². The third-order valence-electron chi connectivity index (χ3n) is 3.83. The fraction of sp³-hybridized carbons (Fsp3) is 0.235. The lowest BCUT2D eigenvalue weighted by atomic mass is 10.2. The van der Waals surface area contributed by atoms with Crippen molar-refractivity contribution in [3.63, 3.8) is 0 Å². The number of amides is 2. The number of hydrogen-bond acceptors (Lipinski definition) is 3. The highest BCUT2D eigenvalue weighted by molar-refractivity contribution is 5.98. The minimum atomic E-state index is -0.459. The molecule has 1 fully saturated rings. The summed E-state index contributed by atoms with van der Waals surface area (Å²) in [6, 6.07) is 12.2. The predicted molar refractivity (Wildman–Crippen MR) is 86.5 cm³/mol. The minimum absolute atomic E-state index is 0.0423. The molecule has 0 spiro atoms. The third-order valence-corrected chi connectivity index (χ3v) is 3.83. The molecule has 0 unspecified atom stereocenters. The van der Waals surface area contributed by atoms with Gasteiger partial charge in [-0.15, -0.1) is 0 Å². The number of aryl methyl sites for hydroxylation is 1. The Hall–Kier alpha value is -2.89. The topological polar surface area (TPSA) is 82.3 Å². The molecule has 6 nitrogen and oxygen atoms in total. The lowest BCUT2D eigenvalue weighted by Crippen LogP contribution is -2.39. The number of carbonyl (C=O) groups is 2. The minimum Gasteiger partial charge on any atom is -0.347 e. The Balaban J connectivity index is 1.71. The monoisotopic (exact) mass is 311 g/mol. The summed E-state index contributed by atoms with van der Waals surface area (Å²) in [5.74, 6) is -0.502. The fourth-order valence-corrected chi connectivity index (χ4v) is 2.68. The molecule has 3 rings (SSSR count). The van der Waals surface area contributed by atoms with Crippen molar-refractivity contribution in [2.45, 2.75) is 19.4 Å². The van der Waals surface area contributed by atoms with E-state index in [0.29, 0.717) is 12.2 Å². The van der Waals surface area contributed by atoms with Crippen LogP contribution < -0.4 is 15.8 Å². The molecule has 1 aromatic carbocycles. The van der Waals surface area contributed by atoms with E-state index in [1.54, 1.807) is 17.9 Å². The number of nitrogens with one attached hydrogen (secondary N) is 2. The summed E-state index contributed by atoms with van der Waals surface area (Å²) in [4.78, 5) is 40.4. The van der Waals surface area contributed by atoms with Crippen LogP contribution in [0.2, 0.25) is 0 Å². The Morgan fingerprint density at radius 1 is 1.17 bits per heavy atom. The van der Waals surface area contributed by atoms with Gasteiger partial charge in [-0.25, -0.2) is 0 Å². The van der Waals surface area contributed by atoms with Gasteiger partial charge in [0, 0.05) is 24.3 Å². The molecule has 0 radical (unpaired) electrons. The van der Waals surface area contributed by atoms with E-state index in [4.69, 9.17) is 0 Å². The summed E-state index contributed by atoms with van der Waals surface area (Å²) >= 11 is 0. The smallest absolute Gasteiger partial charge is 0.260 e. The Bertz CT molecular complexity index is 798. The molecular formula is C17H17N3O3. The molecule has 0 saturated carbocycles. The van der Waals surface area contributed by atoms with Crippen LogP contribution in [0.1, 0.15) is 22.5 Å². The second-order valence-electron chi connectivity index (χ2n) is 5.60. The average molecular weight is 311 g/mol. The van der Waals surface area contributed by atoms with Crippen molar-refractivity contribution in [3.8, 4) is 0 Å². The van der Waals surface area contributed by atoms with Crippen molar-refractivity contribution in [2.75, 3.05) is 11.4 Å². The summed E-state index contributed by atoms with van der Waals surface area (Å²) in [7, 11) is 0. The first-order valence-electron chi connectivity index (χ1n) is 7.41. The van der Waals surface area contributed by atoms with E-state index in [0.717, 1.165) is 5.69 Å². The van der Waals surface area contributed by atoms with Gasteiger partial charge in [-0.2, -0.15) is 0 Å². The largest absolute Gasteiger partial charge is 0.347 e. The molecular weight excluding hydrogens is 294 g/mol. The molecule has 1 saturated heterocycles. The van der Waals surface area contributed by atoms with Gasteiger partial charge in [0.05, 0.1) is 6.04 Å². The number of carbonyl (C=O) groups excluding carboxylic acids is 2. The van der Waals surface area contributed by atoms with Crippen molar-refractivity contribution in [2.24, 2.45) is 0 Å². The first kappa shape index (κ1) is 15.0. The lowest BCUT2D eigenvalue weighted by molar-refractivity contribution is -0.117. The van der Waals surface area contributed by atoms with Crippen molar-refractivity contribution in [3.05, 3.63) is 64.1 Å². The molecule has 2 amide bonds. The highest BCUT2D eigenvalue weighted by Gasteiger charge is 2.31. The van der Waals surface area contributed by atoms with Gasteiger partial charge in [-0.05, 0) is 31.2 Å². The molecule has 118 valence electrons. The highest BCUT2D eigenvalue weighted by Crippen LogP contribution is 2.21. The molecule has 23 heavy (non-hydrogen) atoms. The highest BCUT2D eigenvalue weighted by atomic mass is 16.2. The van der Waals surface area contributed by atoms with Crippen molar-refractivity contribution < 1.29 is 9.59 Å². The number of hydrogen-bond donors (Lipinski definition) is 2. The van der Waals surface area contributed by atoms with Crippen LogP contribution in [0, 0.1) is 6.92 Å². The number of nitrogens with zero attached hydrogens (tertiary/aromatic N) is 1. The van der Waals surface area contributed by atoms with E-state index in [2.05, 4.69) is 10.3 Å². The van der Waals surface area contributed by atoms with Gasteiger partial charge in [-0.1, -0.05) is 18.2 Å². The zero-order chi connectivity index (χ0) is 16.4. The second kappa shape index (κ2) is 6.08. The number of anilines is 1. The van der Waals surface area contributed by atoms with Gasteiger partial charge in [0.25, 0.3) is 11.5 Å². The van der Waals surface area contributed by atoms with Crippen LogP contribution in [0.5, 0.6) is 0 Å². The maximum absolute atomic E-state index is 12.2. The molecule has 1 atom stereocenters. The Morgan fingerprint density at radius 3 is 2.61 bits per heavy atom. The van der Waals surface area contributed by atoms with Crippen LogP contribution in [-0.4, -0.2) is 29.4 Å². The zero-order valence-corrected chi connectivity index (χ0v) is 12.7. The van der Waals surface area contributed by atoms with Gasteiger partial charge in [-0.3, -0.25) is 14.4 Å². The van der Waals surface area contributed by atoms with Crippen LogP contribution in [0.25, 0.3) is 0 Å². The van der Waals surface area contributed by atoms with E-state index < -0.39 is 11.5 Å².